The second-order valence-electron chi connectivity index (χ2n) is 1.82. The normalized spacial score (nSPS) is 10.0. The third-order valence-corrected chi connectivity index (χ3v) is 4.38. The quantitative estimate of drug-likeness (QED) is 0.739. The highest BCUT2D eigenvalue weighted by molar-refractivity contribution is 9.10. The minimum absolute atomic E-state index is 0.349. The summed E-state index contributed by atoms with van der Waals surface area (Å²) in [6, 6.07) is 0. The van der Waals surface area contributed by atoms with Crippen molar-refractivity contribution in [2.45, 2.75) is 0 Å². The molecular weight excluding hydrogens is 287 g/mol. The molecule has 0 aliphatic carbocycles. The number of carbonyl (C=O) groups is 1. The number of carbonyl (C=O) groups excluding carboxylic acids is 1. The van der Waals surface area contributed by atoms with E-state index in [2.05, 4.69) is 20.7 Å². The molecule has 0 fully saturated rings. The van der Waals surface area contributed by atoms with Crippen molar-refractivity contribution in [3.8, 4) is 0 Å². The van der Waals surface area contributed by atoms with Gasteiger partial charge in [-0.05, 0) is 15.9 Å². The van der Waals surface area contributed by atoms with Crippen LogP contribution in [0.5, 0.6) is 0 Å². The molecule has 6 heteroatoms. The molecule has 0 amide bonds. The molecule has 0 atom stereocenters. The molecule has 0 saturated heterocycles. The Balaban J connectivity index is 3.17. The van der Waals surface area contributed by atoms with Crippen LogP contribution in [-0.2, 0) is 4.74 Å². The lowest BCUT2D eigenvalue weighted by Gasteiger charge is -1.93. The summed E-state index contributed by atoms with van der Waals surface area (Å²) in [6.07, 6.45) is 0. The zero-order valence-electron chi connectivity index (χ0n) is 5.86. The zero-order valence-corrected chi connectivity index (χ0v) is 9.77. The van der Waals surface area contributed by atoms with E-state index < -0.39 is 5.97 Å². The Labute approximate surface area is 91.6 Å². The molecule has 0 aromatic carbocycles. The minimum Gasteiger partial charge on any atom is -0.465 e. The van der Waals surface area contributed by atoms with Gasteiger partial charge in [-0.2, -0.15) is 0 Å². The highest BCUT2D eigenvalue weighted by atomic mass is 79.9. The van der Waals surface area contributed by atoms with Gasteiger partial charge in [0.25, 0.3) is 0 Å². The van der Waals surface area contributed by atoms with E-state index >= 15 is 0 Å². The van der Waals surface area contributed by atoms with Crippen LogP contribution in [0.2, 0.25) is 9.36 Å². The van der Waals surface area contributed by atoms with Crippen molar-refractivity contribution < 1.29 is 9.53 Å². The average Bonchev–Trinajstić information content (AvgIpc) is 2.32. The number of methoxy groups -OCH3 is 1. The molecular formula is C6H3BrCl2O2S. The first-order valence-electron chi connectivity index (χ1n) is 2.79. The lowest BCUT2D eigenvalue weighted by molar-refractivity contribution is 0.0605. The van der Waals surface area contributed by atoms with Crippen LogP contribution >= 0.6 is 50.5 Å². The smallest absolute Gasteiger partial charge is 0.349 e. The Morgan fingerprint density at radius 3 is 2.50 bits per heavy atom. The van der Waals surface area contributed by atoms with Gasteiger partial charge in [0.05, 0.1) is 16.6 Å². The van der Waals surface area contributed by atoms with Crippen molar-refractivity contribution in [2.24, 2.45) is 0 Å². The van der Waals surface area contributed by atoms with E-state index in [1.807, 2.05) is 0 Å². The Bertz CT molecular complexity index is 324. The maximum Gasteiger partial charge on any atom is 0.349 e. The molecule has 0 aliphatic heterocycles. The van der Waals surface area contributed by atoms with Crippen LogP contribution < -0.4 is 0 Å². The highest BCUT2D eigenvalue weighted by Crippen LogP contribution is 2.40. The van der Waals surface area contributed by atoms with E-state index in [9.17, 15) is 4.79 Å². The largest absolute Gasteiger partial charge is 0.465 e. The fourth-order valence-corrected chi connectivity index (χ4v) is 2.76. The molecule has 66 valence electrons. The van der Waals surface area contributed by atoms with Gasteiger partial charge in [-0.15, -0.1) is 11.3 Å². The van der Waals surface area contributed by atoms with Gasteiger partial charge >= 0.3 is 5.97 Å². The molecule has 0 spiro atoms. The fourth-order valence-electron chi connectivity index (χ4n) is 0.589. The third kappa shape index (κ3) is 1.76. The summed E-state index contributed by atoms with van der Waals surface area (Å²) in [5, 5.41) is 0.349. The van der Waals surface area contributed by atoms with E-state index in [0.717, 1.165) is 11.3 Å². The standard InChI is InChI=1S/C6H3BrCl2O2S/c1-11-6(10)4-2(7)3(8)5(9)12-4/h1H3. The summed E-state index contributed by atoms with van der Waals surface area (Å²) < 4.78 is 5.38. The van der Waals surface area contributed by atoms with Crippen molar-refractivity contribution >= 4 is 56.4 Å². The lowest BCUT2D eigenvalue weighted by Crippen LogP contribution is -1.98. The maximum absolute atomic E-state index is 11.0. The van der Waals surface area contributed by atoms with Crippen LogP contribution in [0.1, 0.15) is 9.67 Å². The lowest BCUT2D eigenvalue weighted by atomic mass is 10.5. The number of hydrogen-bond acceptors (Lipinski definition) is 3. The topological polar surface area (TPSA) is 26.3 Å². The molecule has 1 rings (SSSR count). The molecule has 0 aliphatic rings. The van der Waals surface area contributed by atoms with Gasteiger partial charge in [0, 0.05) is 0 Å². The summed E-state index contributed by atoms with van der Waals surface area (Å²) in [5.41, 5.74) is 0. The van der Waals surface area contributed by atoms with Gasteiger partial charge in [0.2, 0.25) is 0 Å². The van der Waals surface area contributed by atoms with Crippen molar-refractivity contribution in [1.29, 1.82) is 0 Å². The molecule has 0 radical (unpaired) electrons. The van der Waals surface area contributed by atoms with E-state index in [4.69, 9.17) is 23.2 Å². The zero-order chi connectivity index (χ0) is 9.30. The molecule has 0 N–H and O–H groups in total. The van der Waals surface area contributed by atoms with Crippen molar-refractivity contribution in [3.05, 3.63) is 18.7 Å². The first kappa shape index (κ1) is 10.3. The molecule has 0 unspecified atom stereocenters. The Hall–Kier alpha value is 0.230. The molecule has 1 aromatic rings. The molecule has 0 bridgehead atoms. The minimum atomic E-state index is -0.444. The van der Waals surface area contributed by atoms with E-state index in [1.165, 1.54) is 7.11 Å². The van der Waals surface area contributed by atoms with Crippen LogP contribution in [0.15, 0.2) is 4.47 Å². The second kappa shape index (κ2) is 3.96. The van der Waals surface area contributed by atoms with E-state index in [1.54, 1.807) is 0 Å². The van der Waals surface area contributed by atoms with Gasteiger partial charge in [-0.3, -0.25) is 0 Å². The van der Waals surface area contributed by atoms with Crippen LogP contribution in [0.25, 0.3) is 0 Å². The Kier molecular flexibility index (Phi) is 3.40. The molecule has 12 heavy (non-hydrogen) atoms. The van der Waals surface area contributed by atoms with Gasteiger partial charge in [0.1, 0.15) is 9.21 Å². The monoisotopic (exact) mass is 288 g/mol. The van der Waals surface area contributed by atoms with E-state index in [0.29, 0.717) is 18.7 Å². The SMILES string of the molecule is COC(=O)c1sc(Cl)c(Cl)c1Br. The Morgan fingerprint density at radius 2 is 2.17 bits per heavy atom. The number of rotatable bonds is 1. The molecule has 2 nitrogen and oxygen atoms in total. The molecule has 1 aromatic heterocycles. The number of halogens is 3. The number of hydrogen-bond donors (Lipinski definition) is 0. The first-order chi connectivity index (χ1) is 5.57. The second-order valence-corrected chi connectivity index (χ2v) is 4.62. The number of ether oxygens (including phenoxy) is 1. The van der Waals surface area contributed by atoms with Crippen LogP contribution in [-0.4, -0.2) is 13.1 Å². The van der Waals surface area contributed by atoms with Crippen LogP contribution in [0.4, 0.5) is 0 Å². The summed E-state index contributed by atoms with van der Waals surface area (Å²) in [4.78, 5) is 11.4. The maximum atomic E-state index is 11.0. The summed E-state index contributed by atoms with van der Waals surface area (Å²) in [5.74, 6) is -0.444. The van der Waals surface area contributed by atoms with Crippen LogP contribution in [0, 0.1) is 0 Å². The predicted octanol–water partition coefficient (Wildman–Crippen LogP) is 3.60. The first-order valence-corrected chi connectivity index (χ1v) is 5.16. The molecule has 0 saturated carbocycles. The van der Waals surface area contributed by atoms with Gasteiger partial charge < -0.3 is 4.74 Å². The molecule has 1 heterocycles. The van der Waals surface area contributed by atoms with Gasteiger partial charge in [0.15, 0.2) is 0 Å². The van der Waals surface area contributed by atoms with Crippen LogP contribution in [0.3, 0.4) is 0 Å². The fraction of sp³-hybridized carbons (Fsp3) is 0.167. The van der Waals surface area contributed by atoms with Gasteiger partial charge in [-0.25, -0.2) is 4.79 Å². The van der Waals surface area contributed by atoms with Gasteiger partial charge in [-0.1, -0.05) is 23.2 Å². The highest BCUT2D eigenvalue weighted by Gasteiger charge is 2.19. The van der Waals surface area contributed by atoms with Crippen molar-refractivity contribution in [2.75, 3.05) is 7.11 Å². The summed E-state index contributed by atoms with van der Waals surface area (Å²) in [7, 11) is 1.30. The number of esters is 1. The van der Waals surface area contributed by atoms with E-state index in [-0.39, 0.29) is 0 Å². The predicted molar refractivity (Wildman–Crippen MR) is 53.4 cm³/mol. The van der Waals surface area contributed by atoms with Crippen molar-refractivity contribution in [3.63, 3.8) is 0 Å². The summed E-state index contributed by atoms with van der Waals surface area (Å²) in [6.45, 7) is 0. The third-order valence-electron chi connectivity index (χ3n) is 1.13. The average molecular weight is 290 g/mol. The number of thiophene rings is 1. The Morgan fingerprint density at radius 1 is 1.58 bits per heavy atom. The summed E-state index contributed by atoms with van der Waals surface area (Å²) >= 11 is 15.6. The van der Waals surface area contributed by atoms with Crippen molar-refractivity contribution in [1.82, 2.24) is 0 Å².